The van der Waals surface area contributed by atoms with E-state index in [-0.39, 0.29) is 11.6 Å². The molecule has 4 heteroatoms. The van der Waals surface area contributed by atoms with Gasteiger partial charge in [0.15, 0.2) is 6.29 Å². The summed E-state index contributed by atoms with van der Waals surface area (Å²) in [7, 11) is 0. The van der Waals surface area contributed by atoms with Crippen molar-refractivity contribution >= 4 is 0 Å². The third-order valence-corrected chi connectivity index (χ3v) is 3.07. The average molecular weight is 283 g/mol. The molecule has 2 unspecified atom stereocenters. The third-order valence-electron chi connectivity index (χ3n) is 3.07. The predicted octanol–water partition coefficient (Wildman–Crippen LogP) is 2.38. The maximum atomic E-state index is 9.81. The molecule has 0 aromatic carbocycles. The van der Waals surface area contributed by atoms with Crippen LogP contribution in [-0.2, 0) is 9.47 Å². The van der Waals surface area contributed by atoms with Crippen LogP contribution in [0, 0.1) is 5.92 Å². The minimum absolute atomic E-state index is 0.365. The summed E-state index contributed by atoms with van der Waals surface area (Å²) < 4.78 is 11.1. The van der Waals surface area contributed by atoms with Crippen LogP contribution in [0.4, 0.5) is 0 Å². The zero-order valence-corrected chi connectivity index (χ0v) is 12.9. The summed E-state index contributed by atoms with van der Waals surface area (Å²) in [6, 6.07) is -0.365. The van der Waals surface area contributed by atoms with Gasteiger partial charge in [-0.25, -0.2) is 0 Å². The normalized spacial score (nSPS) is 21.9. The number of allylic oxidation sites excluding steroid dienone is 3. The fourth-order valence-electron chi connectivity index (χ4n) is 2.00. The fourth-order valence-corrected chi connectivity index (χ4v) is 2.00. The van der Waals surface area contributed by atoms with Gasteiger partial charge in [-0.3, -0.25) is 0 Å². The molecule has 1 rings (SSSR count). The number of aliphatic hydroxyl groups excluding tert-OH is 1. The lowest BCUT2D eigenvalue weighted by molar-refractivity contribution is -0.176. The van der Waals surface area contributed by atoms with Crippen molar-refractivity contribution < 1.29 is 14.6 Å². The van der Waals surface area contributed by atoms with Crippen molar-refractivity contribution in [1.29, 1.82) is 0 Å². The number of rotatable bonds is 8. The summed E-state index contributed by atoms with van der Waals surface area (Å²) in [4.78, 5) is 0. The van der Waals surface area contributed by atoms with Gasteiger partial charge < -0.3 is 20.3 Å². The summed E-state index contributed by atoms with van der Waals surface area (Å²) in [5.41, 5.74) is 5.52. The Morgan fingerprint density at radius 1 is 1.35 bits per heavy atom. The maximum absolute atomic E-state index is 9.81. The highest BCUT2D eigenvalue weighted by atomic mass is 16.6. The van der Waals surface area contributed by atoms with Crippen LogP contribution in [0.15, 0.2) is 24.3 Å². The lowest BCUT2D eigenvalue weighted by Crippen LogP contribution is -2.41. The van der Waals surface area contributed by atoms with E-state index in [1.54, 1.807) is 0 Å². The van der Waals surface area contributed by atoms with Gasteiger partial charge in [0, 0.05) is 12.5 Å². The molecule has 0 fully saturated rings. The molecule has 0 aromatic heterocycles. The monoisotopic (exact) mass is 283 g/mol. The largest absolute Gasteiger partial charge is 0.381 e. The molecule has 0 amide bonds. The lowest BCUT2D eigenvalue weighted by Gasteiger charge is -2.27. The second kappa shape index (κ2) is 8.57. The molecule has 116 valence electrons. The Kier molecular flexibility index (Phi) is 7.45. The van der Waals surface area contributed by atoms with Gasteiger partial charge in [0.25, 0.3) is 0 Å². The van der Waals surface area contributed by atoms with Crippen molar-refractivity contribution in [3.8, 4) is 0 Å². The minimum atomic E-state index is -0.915. The van der Waals surface area contributed by atoms with E-state index in [4.69, 9.17) is 15.2 Å². The number of ether oxygens (including phenoxy) is 2. The molecule has 0 saturated carbocycles. The van der Waals surface area contributed by atoms with E-state index in [1.165, 1.54) is 0 Å². The van der Waals surface area contributed by atoms with Crippen LogP contribution in [0.3, 0.4) is 0 Å². The van der Waals surface area contributed by atoms with Gasteiger partial charge >= 0.3 is 0 Å². The first-order chi connectivity index (χ1) is 9.38. The molecular formula is C16H29NO3. The van der Waals surface area contributed by atoms with Crippen LogP contribution in [0.2, 0.25) is 0 Å². The molecule has 0 spiro atoms. The van der Waals surface area contributed by atoms with Crippen molar-refractivity contribution in [2.24, 2.45) is 11.7 Å². The fraction of sp³-hybridized carbons (Fsp3) is 0.750. The summed E-state index contributed by atoms with van der Waals surface area (Å²) in [6.45, 7) is 7.12. The summed E-state index contributed by atoms with van der Waals surface area (Å²) in [5, 5.41) is 9.81. The molecule has 4 nitrogen and oxygen atoms in total. The van der Waals surface area contributed by atoms with E-state index in [0.717, 1.165) is 19.4 Å². The molecule has 0 saturated heterocycles. The Balaban J connectivity index is 2.05. The highest BCUT2D eigenvalue weighted by Crippen LogP contribution is 2.14. The second-order valence-electron chi connectivity index (χ2n) is 6.31. The van der Waals surface area contributed by atoms with E-state index >= 15 is 0 Å². The predicted molar refractivity (Wildman–Crippen MR) is 81.3 cm³/mol. The Morgan fingerprint density at radius 2 is 2.10 bits per heavy atom. The molecule has 0 aromatic rings. The van der Waals surface area contributed by atoms with Crippen molar-refractivity contribution in [3.05, 3.63) is 24.3 Å². The first-order valence-corrected chi connectivity index (χ1v) is 7.41. The van der Waals surface area contributed by atoms with Gasteiger partial charge in [-0.05, 0) is 40.0 Å². The molecule has 0 heterocycles. The van der Waals surface area contributed by atoms with Crippen molar-refractivity contribution in [3.63, 3.8) is 0 Å². The highest BCUT2D eigenvalue weighted by molar-refractivity contribution is 5.10. The number of hydrogen-bond acceptors (Lipinski definition) is 4. The van der Waals surface area contributed by atoms with E-state index in [9.17, 15) is 5.11 Å². The van der Waals surface area contributed by atoms with Gasteiger partial charge in [-0.1, -0.05) is 24.3 Å². The lowest BCUT2D eigenvalue weighted by atomic mass is 10.0. The van der Waals surface area contributed by atoms with Gasteiger partial charge in [0.2, 0.25) is 0 Å². The summed E-state index contributed by atoms with van der Waals surface area (Å²) in [6.07, 6.45) is 10.1. The maximum Gasteiger partial charge on any atom is 0.170 e. The Hall–Kier alpha value is -0.680. The molecule has 1 aliphatic carbocycles. The minimum Gasteiger partial charge on any atom is -0.381 e. The summed E-state index contributed by atoms with van der Waals surface area (Å²) in [5.74, 6) is 0.489. The van der Waals surface area contributed by atoms with Crippen LogP contribution in [0.5, 0.6) is 0 Å². The van der Waals surface area contributed by atoms with Crippen LogP contribution >= 0.6 is 0 Å². The molecule has 0 radical (unpaired) electrons. The third kappa shape index (κ3) is 7.80. The first kappa shape index (κ1) is 17.4. The topological polar surface area (TPSA) is 64.7 Å². The second-order valence-corrected chi connectivity index (χ2v) is 6.31. The quantitative estimate of drug-likeness (QED) is 0.530. The molecule has 1 aliphatic rings. The Labute approximate surface area is 122 Å². The molecule has 3 N–H and O–H groups in total. The van der Waals surface area contributed by atoms with E-state index in [0.29, 0.717) is 18.9 Å². The molecule has 0 bridgehead atoms. The van der Waals surface area contributed by atoms with Crippen LogP contribution < -0.4 is 5.73 Å². The van der Waals surface area contributed by atoms with Gasteiger partial charge in [-0.2, -0.15) is 0 Å². The molecule has 0 aliphatic heterocycles. The molecule has 3 atom stereocenters. The van der Waals surface area contributed by atoms with Gasteiger partial charge in [0.1, 0.15) is 0 Å². The summed E-state index contributed by atoms with van der Waals surface area (Å²) >= 11 is 0. The number of nitrogens with two attached hydrogens (primary N) is 1. The highest BCUT2D eigenvalue weighted by Gasteiger charge is 2.21. The smallest absolute Gasteiger partial charge is 0.170 e. The van der Waals surface area contributed by atoms with Crippen molar-refractivity contribution in [1.82, 2.24) is 0 Å². The zero-order chi connectivity index (χ0) is 15.0. The van der Waals surface area contributed by atoms with E-state index in [2.05, 4.69) is 24.3 Å². The Morgan fingerprint density at radius 3 is 2.70 bits per heavy atom. The average Bonchev–Trinajstić information content (AvgIpc) is 2.37. The SMILES string of the molecule is CC(C)(C)OC(O)C(N)CCCOC[C@H]1C=CC=CC1. The first-order valence-electron chi connectivity index (χ1n) is 7.41. The van der Waals surface area contributed by atoms with E-state index in [1.807, 2.05) is 20.8 Å². The van der Waals surface area contributed by atoms with E-state index < -0.39 is 6.29 Å². The zero-order valence-electron chi connectivity index (χ0n) is 12.9. The van der Waals surface area contributed by atoms with Crippen molar-refractivity contribution in [2.45, 2.75) is 58.0 Å². The van der Waals surface area contributed by atoms with Crippen molar-refractivity contribution in [2.75, 3.05) is 13.2 Å². The van der Waals surface area contributed by atoms with Crippen LogP contribution in [-0.4, -0.2) is 36.3 Å². The van der Waals surface area contributed by atoms with Crippen LogP contribution in [0.1, 0.15) is 40.0 Å². The standard InChI is InChI=1S/C16H29NO3/c1-16(2,3)20-15(18)14(17)10-7-11-19-12-13-8-5-4-6-9-13/h4-6,8,13-15,18H,7,9-12,17H2,1-3H3/t13-,14?,15?/m0/s1. The molecular weight excluding hydrogens is 254 g/mol. The Bertz CT molecular complexity index is 320. The van der Waals surface area contributed by atoms with Gasteiger partial charge in [-0.15, -0.1) is 0 Å². The molecule has 20 heavy (non-hydrogen) atoms. The number of aliphatic hydroxyl groups is 1. The number of hydrogen-bond donors (Lipinski definition) is 2. The van der Waals surface area contributed by atoms with Crippen LogP contribution in [0.25, 0.3) is 0 Å². The van der Waals surface area contributed by atoms with Gasteiger partial charge in [0.05, 0.1) is 18.2 Å².